The van der Waals surface area contributed by atoms with E-state index in [0.717, 1.165) is 43.2 Å². The number of aromatic amines is 1. The molecule has 5 rings (SSSR count). The number of H-pyrrole nitrogens is 1. The quantitative estimate of drug-likeness (QED) is 0.530. The van der Waals surface area contributed by atoms with Crippen LogP contribution in [0.4, 0.5) is 5.69 Å². The molecule has 1 aliphatic rings. The van der Waals surface area contributed by atoms with Crippen LogP contribution in [0.25, 0.3) is 16.6 Å². The second kappa shape index (κ2) is 7.41. The molecular formula is C22H23ClN6O. The van der Waals surface area contributed by atoms with Gasteiger partial charge >= 0.3 is 0 Å². The van der Waals surface area contributed by atoms with Gasteiger partial charge in [0.2, 0.25) is 0 Å². The summed E-state index contributed by atoms with van der Waals surface area (Å²) in [6, 6.07) is 5.66. The van der Waals surface area contributed by atoms with E-state index in [9.17, 15) is 4.79 Å². The van der Waals surface area contributed by atoms with Gasteiger partial charge in [0.05, 0.1) is 16.8 Å². The van der Waals surface area contributed by atoms with E-state index in [0.29, 0.717) is 28.2 Å². The molecule has 1 saturated heterocycles. The number of hydrogen-bond acceptors (Lipinski definition) is 5. The van der Waals surface area contributed by atoms with Gasteiger partial charge in [-0.15, -0.1) is 0 Å². The highest BCUT2D eigenvalue weighted by atomic mass is 35.5. The minimum atomic E-state index is -0.177. The topological polar surface area (TPSA) is 78.3 Å². The maximum absolute atomic E-state index is 12.8. The van der Waals surface area contributed by atoms with Crippen molar-refractivity contribution < 1.29 is 0 Å². The third kappa shape index (κ3) is 3.44. The van der Waals surface area contributed by atoms with Crippen LogP contribution in [0.2, 0.25) is 5.02 Å². The number of imidazole rings is 1. The first kappa shape index (κ1) is 19.1. The summed E-state index contributed by atoms with van der Waals surface area (Å²) in [7, 11) is 0. The van der Waals surface area contributed by atoms with Crippen LogP contribution < -0.4 is 15.8 Å². The summed E-state index contributed by atoms with van der Waals surface area (Å²) in [5.74, 6) is 0.600. The first-order chi connectivity index (χ1) is 14.5. The third-order valence-corrected chi connectivity index (χ3v) is 5.94. The fraction of sp³-hybridized carbons (Fsp3) is 0.318. The molecule has 0 saturated carbocycles. The molecule has 0 bridgehead atoms. The van der Waals surface area contributed by atoms with Gasteiger partial charge in [0.25, 0.3) is 5.56 Å². The highest BCUT2D eigenvalue weighted by Gasteiger charge is 2.18. The third-order valence-electron chi connectivity index (χ3n) is 5.72. The summed E-state index contributed by atoms with van der Waals surface area (Å²) in [5.41, 5.74) is 5.59. The number of fused-ring (bicyclic) bond motifs is 2. The smallest absolute Gasteiger partial charge is 0.258 e. The number of aromatic nitrogens is 4. The van der Waals surface area contributed by atoms with Gasteiger partial charge in [0, 0.05) is 50.0 Å². The van der Waals surface area contributed by atoms with Crippen LogP contribution in [-0.4, -0.2) is 45.5 Å². The van der Waals surface area contributed by atoms with Crippen LogP contribution in [0.3, 0.4) is 0 Å². The van der Waals surface area contributed by atoms with Gasteiger partial charge < -0.3 is 19.6 Å². The molecule has 4 aromatic rings. The molecular weight excluding hydrogens is 400 g/mol. The molecule has 0 atom stereocenters. The minimum absolute atomic E-state index is 0.177. The Labute approximate surface area is 178 Å². The maximum Gasteiger partial charge on any atom is 0.258 e. The van der Waals surface area contributed by atoms with Crippen LogP contribution in [0.5, 0.6) is 0 Å². The second-order valence-electron chi connectivity index (χ2n) is 7.88. The van der Waals surface area contributed by atoms with Crippen LogP contribution in [0.1, 0.15) is 22.6 Å². The Bertz CT molecular complexity index is 1280. The van der Waals surface area contributed by atoms with Crippen molar-refractivity contribution in [2.24, 2.45) is 0 Å². The summed E-state index contributed by atoms with van der Waals surface area (Å²) in [5, 5.41) is 4.41. The molecule has 4 heterocycles. The molecule has 2 N–H and O–H groups in total. The number of nitrogens with one attached hydrogen (secondary N) is 2. The maximum atomic E-state index is 12.8. The predicted molar refractivity (Wildman–Crippen MR) is 120 cm³/mol. The van der Waals surface area contributed by atoms with Crippen molar-refractivity contribution in [2.75, 3.05) is 31.1 Å². The lowest BCUT2D eigenvalue weighted by Gasteiger charge is -2.30. The number of piperazine rings is 1. The van der Waals surface area contributed by atoms with Crippen molar-refractivity contribution in [3.8, 4) is 0 Å². The Balaban J connectivity index is 1.58. The summed E-state index contributed by atoms with van der Waals surface area (Å²) >= 11 is 6.32. The molecule has 0 aliphatic carbocycles. The van der Waals surface area contributed by atoms with Crippen molar-refractivity contribution in [3.63, 3.8) is 0 Å². The van der Waals surface area contributed by atoms with E-state index in [2.05, 4.69) is 41.3 Å². The molecule has 1 fully saturated rings. The molecule has 154 valence electrons. The summed E-state index contributed by atoms with van der Waals surface area (Å²) < 4.78 is 2.02. The average molecular weight is 423 g/mol. The molecule has 0 amide bonds. The highest BCUT2D eigenvalue weighted by Crippen LogP contribution is 2.28. The van der Waals surface area contributed by atoms with Gasteiger partial charge in [-0.1, -0.05) is 11.6 Å². The predicted octanol–water partition coefficient (Wildman–Crippen LogP) is 2.84. The van der Waals surface area contributed by atoms with E-state index < -0.39 is 0 Å². The Morgan fingerprint density at radius 1 is 1.07 bits per heavy atom. The van der Waals surface area contributed by atoms with E-state index in [1.54, 1.807) is 6.07 Å². The van der Waals surface area contributed by atoms with Gasteiger partial charge in [0.1, 0.15) is 17.0 Å². The molecule has 0 spiro atoms. The largest absolute Gasteiger partial charge is 0.367 e. The van der Waals surface area contributed by atoms with Gasteiger partial charge in [-0.05, 0) is 43.2 Å². The fourth-order valence-corrected chi connectivity index (χ4v) is 4.23. The van der Waals surface area contributed by atoms with Crippen molar-refractivity contribution in [1.29, 1.82) is 0 Å². The first-order valence-electron chi connectivity index (χ1n) is 10.1. The van der Waals surface area contributed by atoms with Crippen molar-refractivity contribution in [2.45, 2.75) is 20.3 Å². The average Bonchev–Trinajstić information content (AvgIpc) is 3.10. The summed E-state index contributed by atoms with van der Waals surface area (Å²) in [6.07, 6.45) is 4.52. The second-order valence-corrected chi connectivity index (χ2v) is 8.32. The summed E-state index contributed by atoms with van der Waals surface area (Å²) in [4.78, 5) is 27.5. The molecule has 30 heavy (non-hydrogen) atoms. The first-order valence-corrected chi connectivity index (χ1v) is 10.5. The van der Waals surface area contributed by atoms with Crippen LogP contribution in [0, 0.1) is 13.8 Å². The van der Waals surface area contributed by atoms with E-state index in [1.165, 1.54) is 11.1 Å². The zero-order valence-corrected chi connectivity index (χ0v) is 17.8. The zero-order chi connectivity index (χ0) is 20.8. The van der Waals surface area contributed by atoms with E-state index in [-0.39, 0.29) is 5.56 Å². The van der Waals surface area contributed by atoms with Crippen molar-refractivity contribution in [1.82, 2.24) is 24.7 Å². The Morgan fingerprint density at radius 2 is 1.87 bits per heavy atom. The Kier molecular flexibility index (Phi) is 4.72. The lowest BCUT2D eigenvalue weighted by molar-refractivity contribution is 0.590. The molecule has 1 aromatic carbocycles. The monoisotopic (exact) mass is 422 g/mol. The van der Waals surface area contributed by atoms with Crippen molar-refractivity contribution in [3.05, 3.63) is 68.6 Å². The Morgan fingerprint density at radius 3 is 2.67 bits per heavy atom. The van der Waals surface area contributed by atoms with Gasteiger partial charge in [-0.2, -0.15) is 0 Å². The van der Waals surface area contributed by atoms with Gasteiger partial charge in [-0.25, -0.2) is 9.97 Å². The molecule has 0 unspecified atom stereocenters. The van der Waals surface area contributed by atoms with Crippen LogP contribution >= 0.6 is 11.6 Å². The number of aryl methyl sites for hydroxylation is 2. The molecule has 7 nitrogen and oxygen atoms in total. The number of anilines is 1. The minimum Gasteiger partial charge on any atom is -0.367 e. The number of pyridine rings is 1. The molecule has 3 aromatic heterocycles. The van der Waals surface area contributed by atoms with E-state index in [4.69, 9.17) is 21.6 Å². The fourth-order valence-electron chi connectivity index (χ4n) is 4.01. The lowest BCUT2D eigenvalue weighted by atomic mass is 10.1. The number of benzene rings is 1. The van der Waals surface area contributed by atoms with Gasteiger partial charge in [0.15, 0.2) is 0 Å². The number of rotatable bonds is 3. The summed E-state index contributed by atoms with van der Waals surface area (Å²) in [6.45, 7) is 7.65. The molecule has 0 radical (unpaired) electrons. The van der Waals surface area contributed by atoms with E-state index >= 15 is 0 Å². The number of nitrogens with zero attached hydrogens (tertiary/aromatic N) is 4. The van der Waals surface area contributed by atoms with Crippen molar-refractivity contribution >= 4 is 33.8 Å². The Hall–Kier alpha value is -2.90. The normalized spacial score (nSPS) is 14.7. The number of hydrogen-bond donors (Lipinski definition) is 2. The standard InChI is InChI=1S/C22H23ClN6O/c1-13-7-20-25-16(12-29(20)11-14(13)2)10-19-26-21-17(22(30)27-19)8-15(23)9-18(21)28-5-3-24-4-6-28/h7-9,11-12,24H,3-6,10H2,1-2H3,(H,26,27,30). The number of halogens is 1. The molecule has 1 aliphatic heterocycles. The zero-order valence-electron chi connectivity index (χ0n) is 17.0. The van der Waals surface area contributed by atoms with Crippen LogP contribution in [-0.2, 0) is 6.42 Å². The highest BCUT2D eigenvalue weighted by molar-refractivity contribution is 6.31. The SMILES string of the molecule is Cc1cc2nc(Cc3nc4c(N5CCNCC5)cc(Cl)cc4c(=O)[nH]3)cn2cc1C. The van der Waals surface area contributed by atoms with Crippen LogP contribution in [0.15, 0.2) is 35.4 Å². The van der Waals surface area contributed by atoms with Gasteiger partial charge in [-0.3, -0.25) is 4.79 Å². The lowest BCUT2D eigenvalue weighted by Crippen LogP contribution is -2.43. The molecule has 8 heteroatoms. The van der Waals surface area contributed by atoms with E-state index in [1.807, 2.05) is 16.7 Å².